The molecule has 4 nitrogen and oxygen atoms in total. The van der Waals surface area contributed by atoms with E-state index < -0.39 is 12.0 Å². The fourth-order valence-corrected chi connectivity index (χ4v) is 2.96. The average molecular weight is 299 g/mol. The van der Waals surface area contributed by atoms with Crippen LogP contribution < -0.4 is 5.11 Å². The maximum Gasteiger partial charge on any atom is 0.143 e. The van der Waals surface area contributed by atoms with E-state index in [1.165, 1.54) is 0 Å². The number of aliphatic carboxylic acids is 1. The van der Waals surface area contributed by atoms with E-state index in [9.17, 15) is 15.0 Å². The Balaban J connectivity index is 4.97. The molecule has 0 aromatic heterocycles. The Kier molecular flexibility index (Phi) is 10.1. The van der Waals surface area contributed by atoms with E-state index in [2.05, 4.69) is 6.92 Å². The number of allylic oxidation sites excluding steroid dienone is 1. The third kappa shape index (κ3) is 6.98. The quantitative estimate of drug-likeness (QED) is 0.342. The number of quaternary nitrogens is 1. The highest BCUT2D eigenvalue weighted by molar-refractivity contribution is 5.69. The number of aliphatic hydroxyl groups excluding tert-OH is 1. The van der Waals surface area contributed by atoms with E-state index >= 15 is 0 Å². The van der Waals surface area contributed by atoms with Crippen molar-refractivity contribution in [3.05, 3.63) is 11.8 Å². The minimum Gasteiger partial charge on any atom is -0.544 e. The van der Waals surface area contributed by atoms with Crippen molar-refractivity contribution in [3.63, 3.8) is 0 Å². The molecule has 0 bridgehead atoms. The third-order valence-electron chi connectivity index (χ3n) is 4.17. The van der Waals surface area contributed by atoms with E-state index in [4.69, 9.17) is 0 Å². The number of carboxylic acid groups (broad SMARTS) is 1. The van der Waals surface area contributed by atoms with Crippen molar-refractivity contribution in [1.29, 1.82) is 0 Å². The van der Waals surface area contributed by atoms with Crippen LogP contribution in [0.3, 0.4) is 0 Å². The summed E-state index contributed by atoms with van der Waals surface area (Å²) in [4.78, 5) is 11.3. The molecule has 0 aliphatic heterocycles. The molecule has 0 radical (unpaired) electrons. The van der Waals surface area contributed by atoms with Crippen molar-refractivity contribution in [1.82, 2.24) is 0 Å². The van der Waals surface area contributed by atoms with Gasteiger partial charge in [-0.3, -0.25) is 0 Å². The number of unbranched alkanes of at least 4 members (excludes halogenated alkanes) is 3. The second-order valence-corrected chi connectivity index (χ2v) is 6.01. The molecule has 0 aromatic carbocycles. The van der Waals surface area contributed by atoms with Crippen molar-refractivity contribution in [3.8, 4) is 0 Å². The molecular weight excluding hydrogens is 266 g/mol. The first kappa shape index (κ1) is 20.0. The van der Waals surface area contributed by atoms with Gasteiger partial charge in [0.05, 0.1) is 19.1 Å². The van der Waals surface area contributed by atoms with Gasteiger partial charge in [0.25, 0.3) is 0 Å². The first-order chi connectivity index (χ1) is 9.93. The zero-order chi connectivity index (χ0) is 16.3. The van der Waals surface area contributed by atoms with Crippen LogP contribution in [0.5, 0.6) is 0 Å². The van der Waals surface area contributed by atoms with Gasteiger partial charge >= 0.3 is 0 Å². The minimum absolute atomic E-state index is 0.320. The number of hydrogen-bond donors (Lipinski definition) is 1. The van der Waals surface area contributed by atoms with Gasteiger partial charge in [-0.2, -0.15) is 0 Å². The average Bonchev–Trinajstić information content (AvgIpc) is 2.43. The second kappa shape index (κ2) is 10.7. The van der Waals surface area contributed by atoms with Gasteiger partial charge in [-0.1, -0.05) is 33.6 Å². The summed E-state index contributed by atoms with van der Waals surface area (Å²) in [7, 11) is 0. The summed E-state index contributed by atoms with van der Waals surface area (Å²) in [5.41, 5.74) is 0. The Morgan fingerprint density at radius 3 is 2.14 bits per heavy atom. The van der Waals surface area contributed by atoms with Crippen LogP contribution in [-0.4, -0.2) is 41.2 Å². The highest BCUT2D eigenvalue weighted by Gasteiger charge is 2.34. The summed E-state index contributed by atoms with van der Waals surface area (Å²) in [6.45, 7) is 9.83. The van der Waals surface area contributed by atoms with Crippen LogP contribution in [0.4, 0.5) is 0 Å². The zero-order valence-corrected chi connectivity index (χ0v) is 14.2. The number of carbonyl (C=O) groups is 1. The molecule has 0 saturated heterocycles. The molecule has 1 atom stereocenters. The molecule has 0 amide bonds. The van der Waals surface area contributed by atoms with Crippen LogP contribution in [0.25, 0.3) is 0 Å². The monoisotopic (exact) mass is 299 g/mol. The second-order valence-electron chi connectivity index (χ2n) is 6.01. The SMILES string of the molecule is CCCCC/C=C(\O)C[N+](CCC)(CCC)C(C)C(=O)[O-]. The first-order valence-electron chi connectivity index (χ1n) is 8.38. The van der Waals surface area contributed by atoms with Gasteiger partial charge in [0.1, 0.15) is 18.3 Å². The van der Waals surface area contributed by atoms with Crippen molar-refractivity contribution in [2.24, 2.45) is 0 Å². The van der Waals surface area contributed by atoms with E-state index in [0.717, 1.165) is 51.6 Å². The number of nitrogens with zero attached hydrogens (tertiary/aromatic N) is 1. The molecule has 1 N–H and O–H groups in total. The molecule has 0 aliphatic carbocycles. The molecule has 0 aromatic rings. The van der Waals surface area contributed by atoms with Crippen LogP contribution in [0, 0.1) is 0 Å². The summed E-state index contributed by atoms with van der Waals surface area (Å²) in [6, 6.07) is -0.601. The smallest absolute Gasteiger partial charge is 0.143 e. The van der Waals surface area contributed by atoms with Crippen molar-refractivity contribution >= 4 is 5.97 Å². The van der Waals surface area contributed by atoms with Crippen LogP contribution in [0.15, 0.2) is 11.8 Å². The number of rotatable bonds is 12. The first-order valence-corrected chi connectivity index (χ1v) is 8.38. The van der Waals surface area contributed by atoms with Gasteiger partial charge in [-0.15, -0.1) is 0 Å². The van der Waals surface area contributed by atoms with E-state index in [0.29, 0.717) is 16.8 Å². The minimum atomic E-state index is -1.03. The highest BCUT2D eigenvalue weighted by Crippen LogP contribution is 2.19. The molecule has 0 spiro atoms. The largest absolute Gasteiger partial charge is 0.544 e. The van der Waals surface area contributed by atoms with E-state index in [1.54, 1.807) is 6.92 Å². The standard InChI is InChI=1S/C17H33NO3/c1-5-8-9-10-11-16(19)14-18(12-6-2,13-7-3)15(4)17(20)21/h11,15H,5-10,12-14H2,1-4H3,(H-,19,20,21)/b16-11-. The van der Waals surface area contributed by atoms with Gasteiger partial charge in [0, 0.05) is 0 Å². The van der Waals surface area contributed by atoms with Crippen molar-refractivity contribution < 1.29 is 19.5 Å². The third-order valence-corrected chi connectivity index (χ3v) is 4.17. The van der Waals surface area contributed by atoms with Gasteiger partial charge < -0.3 is 19.5 Å². The lowest BCUT2D eigenvalue weighted by atomic mass is 10.1. The molecule has 0 fully saturated rings. The molecule has 0 heterocycles. The number of carboxylic acids is 1. The van der Waals surface area contributed by atoms with Crippen LogP contribution in [0.1, 0.15) is 66.2 Å². The van der Waals surface area contributed by atoms with Gasteiger partial charge in [0.2, 0.25) is 0 Å². The summed E-state index contributed by atoms with van der Waals surface area (Å²) in [6.07, 6.45) is 7.87. The predicted molar refractivity (Wildman–Crippen MR) is 84.8 cm³/mol. The van der Waals surface area contributed by atoms with Crippen LogP contribution in [0.2, 0.25) is 0 Å². The van der Waals surface area contributed by atoms with E-state index in [1.807, 2.05) is 19.9 Å². The summed E-state index contributed by atoms with van der Waals surface area (Å²) < 4.78 is 0.380. The molecule has 0 rings (SSSR count). The normalized spacial score (nSPS) is 14.2. The lowest BCUT2D eigenvalue weighted by Gasteiger charge is -2.43. The Bertz CT molecular complexity index is 320. The van der Waals surface area contributed by atoms with Gasteiger partial charge in [0.15, 0.2) is 0 Å². The van der Waals surface area contributed by atoms with Crippen molar-refractivity contribution in [2.75, 3.05) is 19.6 Å². The summed E-state index contributed by atoms with van der Waals surface area (Å²) >= 11 is 0. The van der Waals surface area contributed by atoms with Gasteiger partial charge in [-0.25, -0.2) is 0 Å². The summed E-state index contributed by atoms with van der Waals surface area (Å²) in [5, 5.41) is 21.5. The molecule has 4 heteroatoms. The Morgan fingerprint density at radius 2 is 1.71 bits per heavy atom. The summed E-state index contributed by atoms with van der Waals surface area (Å²) in [5.74, 6) is -0.711. The Labute approximate surface area is 130 Å². The Morgan fingerprint density at radius 1 is 1.14 bits per heavy atom. The predicted octanol–water partition coefficient (Wildman–Crippen LogP) is 2.78. The van der Waals surface area contributed by atoms with Crippen LogP contribution >= 0.6 is 0 Å². The molecule has 0 saturated carbocycles. The maximum absolute atomic E-state index is 11.3. The fraction of sp³-hybridized carbons (Fsp3) is 0.824. The lowest BCUT2D eigenvalue weighted by Crippen LogP contribution is -2.62. The molecule has 1 unspecified atom stereocenters. The topological polar surface area (TPSA) is 60.4 Å². The molecule has 0 aliphatic rings. The zero-order valence-electron chi connectivity index (χ0n) is 14.2. The van der Waals surface area contributed by atoms with Crippen molar-refractivity contribution in [2.45, 2.75) is 72.3 Å². The van der Waals surface area contributed by atoms with Crippen LogP contribution in [-0.2, 0) is 4.79 Å². The molecule has 124 valence electrons. The maximum atomic E-state index is 11.3. The van der Waals surface area contributed by atoms with Gasteiger partial charge in [-0.05, 0) is 38.7 Å². The lowest BCUT2D eigenvalue weighted by molar-refractivity contribution is -0.940. The number of carbonyl (C=O) groups excluding carboxylic acids is 1. The highest BCUT2D eigenvalue weighted by atomic mass is 16.4. The Hall–Kier alpha value is -1.03. The molecule has 21 heavy (non-hydrogen) atoms. The van der Waals surface area contributed by atoms with E-state index in [-0.39, 0.29) is 0 Å². The number of aliphatic hydroxyl groups is 1. The fourth-order valence-electron chi connectivity index (χ4n) is 2.96. The number of hydrogen-bond acceptors (Lipinski definition) is 3. The molecular formula is C17H33NO3.